The average molecular weight is 395 g/mol. The Morgan fingerprint density at radius 3 is 2.58 bits per heavy atom. The fraction of sp³-hybridized carbons (Fsp3) is 0.333. The summed E-state index contributed by atoms with van der Waals surface area (Å²) in [6.07, 6.45) is 0. The van der Waals surface area contributed by atoms with E-state index in [1.807, 2.05) is 0 Å². The molecule has 0 atom stereocenters. The highest BCUT2D eigenvalue weighted by atomic mass is 79.9. The number of aliphatic carboxylic acids is 1. The van der Waals surface area contributed by atoms with Crippen molar-refractivity contribution < 1.29 is 19.4 Å². The Labute approximate surface area is 127 Å². The van der Waals surface area contributed by atoms with Crippen molar-refractivity contribution in [1.29, 1.82) is 0 Å². The monoisotopic (exact) mass is 393 g/mol. The Morgan fingerprint density at radius 2 is 2.05 bits per heavy atom. The van der Waals surface area contributed by atoms with Gasteiger partial charge in [-0.05, 0) is 41.1 Å². The normalized spacial score (nSPS) is 10.1. The van der Waals surface area contributed by atoms with E-state index < -0.39 is 5.97 Å². The van der Waals surface area contributed by atoms with Gasteiger partial charge in [0, 0.05) is 11.0 Å². The molecule has 0 aliphatic carbocycles. The molecule has 0 fully saturated rings. The third-order valence-electron chi connectivity index (χ3n) is 2.31. The lowest BCUT2D eigenvalue weighted by Crippen LogP contribution is -2.38. The zero-order valence-electron chi connectivity index (χ0n) is 10.2. The lowest BCUT2D eigenvalue weighted by molar-refractivity contribution is -0.145. The van der Waals surface area contributed by atoms with Gasteiger partial charge in [-0.2, -0.15) is 0 Å². The number of ether oxygens (including phenoxy) is 1. The number of carbonyl (C=O) groups is 2. The summed E-state index contributed by atoms with van der Waals surface area (Å²) < 4.78 is 6.97. The first-order valence-corrected chi connectivity index (χ1v) is 7.10. The van der Waals surface area contributed by atoms with Crippen molar-refractivity contribution in [3.05, 3.63) is 27.1 Å². The number of rotatable bonds is 6. The summed E-state index contributed by atoms with van der Waals surface area (Å²) in [5.41, 5.74) is 0. The van der Waals surface area contributed by atoms with Crippen LogP contribution in [-0.4, -0.2) is 41.6 Å². The Hall–Kier alpha value is -1.08. The fourth-order valence-corrected chi connectivity index (χ4v) is 2.52. The van der Waals surface area contributed by atoms with E-state index in [9.17, 15) is 9.59 Å². The van der Waals surface area contributed by atoms with Crippen LogP contribution >= 0.6 is 31.9 Å². The number of carboxylic acids is 1. The molecule has 19 heavy (non-hydrogen) atoms. The van der Waals surface area contributed by atoms with E-state index in [2.05, 4.69) is 31.9 Å². The topological polar surface area (TPSA) is 66.8 Å². The minimum Gasteiger partial charge on any atom is -0.483 e. The summed E-state index contributed by atoms with van der Waals surface area (Å²) in [7, 11) is 0. The summed E-state index contributed by atoms with van der Waals surface area (Å²) in [6, 6.07) is 5.31. The number of amides is 1. The van der Waals surface area contributed by atoms with Crippen LogP contribution < -0.4 is 4.74 Å². The molecule has 0 aliphatic rings. The number of carboxylic acid groups (broad SMARTS) is 1. The molecule has 0 saturated heterocycles. The first-order valence-electron chi connectivity index (χ1n) is 5.51. The number of likely N-dealkylation sites (N-methyl/N-ethyl adjacent to an activating group) is 1. The van der Waals surface area contributed by atoms with Gasteiger partial charge in [-0.15, -0.1) is 0 Å². The van der Waals surface area contributed by atoms with Gasteiger partial charge in [0.15, 0.2) is 6.61 Å². The number of benzene rings is 1. The van der Waals surface area contributed by atoms with E-state index in [1.54, 1.807) is 25.1 Å². The zero-order chi connectivity index (χ0) is 14.4. The van der Waals surface area contributed by atoms with Crippen molar-refractivity contribution in [2.45, 2.75) is 6.92 Å². The molecule has 1 aromatic rings. The lowest BCUT2D eigenvalue weighted by Gasteiger charge is -2.18. The van der Waals surface area contributed by atoms with Crippen LogP contribution in [0.25, 0.3) is 0 Å². The molecular weight excluding hydrogens is 382 g/mol. The second kappa shape index (κ2) is 7.49. The quantitative estimate of drug-likeness (QED) is 0.804. The van der Waals surface area contributed by atoms with Crippen LogP contribution in [0.2, 0.25) is 0 Å². The molecule has 1 rings (SSSR count). The maximum absolute atomic E-state index is 11.8. The third kappa shape index (κ3) is 5.20. The molecule has 0 radical (unpaired) electrons. The highest BCUT2D eigenvalue weighted by Crippen LogP contribution is 2.28. The fourth-order valence-electron chi connectivity index (χ4n) is 1.36. The van der Waals surface area contributed by atoms with E-state index in [4.69, 9.17) is 9.84 Å². The van der Waals surface area contributed by atoms with E-state index in [-0.39, 0.29) is 19.1 Å². The molecule has 0 spiro atoms. The SMILES string of the molecule is CCN(CC(=O)O)C(=O)COc1ccc(Br)cc1Br. The Kier molecular flexibility index (Phi) is 6.30. The predicted molar refractivity (Wildman–Crippen MR) is 77.2 cm³/mol. The zero-order valence-corrected chi connectivity index (χ0v) is 13.4. The number of hydrogen-bond acceptors (Lipinski definition) is 3. The van der Waals surface area contributed by atoms with Crippen LogP contribution in [0.5, 0.6) is 5.75 Å². The predicted octanol–water partition coefficient (Wildman–Crippen LogP) is 2.52. The van der Waals surface area contributed by atoms with Crippen LogP contribution in [0.1, 0.15) is 6.92 Å². The van der Waals surface area contributed by atoms with Gasteiger partial charge >= 0.3 is 5.97 Å². The first kappa shape index (κ1) is 16.0. The summed E-state index contributed by atoms with van der Waals surface area (Å²) in [5.74, 6) is -0.873. The van der Waals surface area contributed by atoms with Crippen LogP contribution in [-0.2, 0) is 9.59 Å². The van der Waals surface area contributed by atoms with Crippen molar-refractivity contribution >= 4 is 43.7 Å². The summed E-state index contributed by atoms with van der Waals surface area (Å²) >= 11 is 6.63. The lowest BCUT2D eigenvalue weighted by atomic mass is 10.3. The van der Waals surface area contributed by atoms with Crippen LogP contribution in [0.15, 0.2) is 27.1 Å². The van der Waals surface area contributed by atoms with Gasteiger partial charge in [0.2, 0.25) is 0 Å². The van der Waals surface area contributed by atoms with Gasteiger partial charge in [-0.3, -0.25) is 9.59 Å². The van der Waals surface area contributed by atoms with Gasteiger partial charge in [-0.25, -0.2) is 0 Å². The molecule has 5 nitrogen and oxygen atoms in total. The second-order valence-corrected chi connectivity index (χ2v) is 5.44. The van der Waals surface area contributed by atoms with E-state index in [1.165, 1.54) is 4.90 Å². The first-order chi connectivity index (χ1) is 8.93. The molecule has 7 heteroatoms. The molecule has 0 heterocycles. The molecule has 0 unspecified atom stereocenters. The van der Waals surface area contributed by atoms with Crippen molar-refractivity contribution in [3.63, 3.8) is 0 Å². The number of halogens is 2. The maximum atomic E-state index is 11.8. The smallest absolute Gasteiger partial charge is 0.323 e. The summed E-state index contributed by atoms with van der Waals surface area (Å²) in [5, 5.41) is 8.68. The molecule has 1 amide bonds. The summed E-state index contributed by atoms with van der Waals surface area (Å²) in [4.78, 5) is 23.6. The molecule has 0 aliphatic heterocycles. The molecule has 0 saturated carbocycles. The van der Waals surface area contributed by atoms with Crippen LogP contribution in [0, 0.1) is 0 Å². The van der Waals surface area contributed by atoms with E-state index in [0.717, 1.165) is 8.95 Å². The van der Waals surface area contributed by atoms with Gasteiger partial charge in [-0.1, -0.05) is 15.9 Å². The van der Waals surface area contributed by atoms with Gasteiger partial charge in [0.05, 0.1) is 4.47 Å². The highest BCUT2D eigenvalue weighted by Gasteiger charge is 2.15. The number of carbonyl (C=O) groups excluding carboxylic acids is 1. The van der Waals surface area contributed by atoms with Crippen molar-refractivity contribution in [3.8, 4) is 5.75 Å². The van der Waals surface area contributed by atoms with Gasteiger partial charge < -0.3 is 14.7 Å². The van der Waals surface area contributed by atoms with Crippen molar-refractivity contribution in [2.24, 2.45) is 0 Å². The Morgan fingerprint density at radius 1 is 1.37 bits per heavy atom. The van der Waals surface area contributed by atoms with Crippen LogP contribution in [0.4, 0.5) is 0 Å². The molecule has 1 N–H and O–H groups in total. The second-order valence-electron chi connectivity index (χ2n) is 3.67. The van der Waals surface area contributed by atoms with Gasteiger partial charge in [0.1, 0.15) is 12.3 Å². The molecule has 104 valence electrons. The molecular formula is C12H13Br2NO4. The molecule has 0 aromatic heterocycles. The minimum absolute atomic E-state index is 0.193. The van der Waals surface area contributed by atoms with E-state index >= 15 is 0 Å². The Bertz CT molecular complexity index is 479. The third-order valence-corrected chi connectivity index (χ3v) is 3.42. The highest BCUT2D eigenvalue weighted by molar-refractivity contribution is 9.11. The number of hydrogen-bond donors (Lipinski definition) is 1. The van der Waals surface area contributed by atoms with Crippen molar-refractivity contribution in [1.82, 2.24) is 4.90 Å². The molecule has 1 aromatic carbocycles. The van der Waals surface area contributed by atoms with Crippen LogP contribution in [0.3, 0.4) is 0 Å². The number of nitrogens with zero attached hydrogens (tertiary/aromatic N) is 1. The summed E-state index contributed by atoms with van der Waals surface area (Å²) in [6.45, 7) is 1.54. The minimum atomic E-state index is -1.04. The van der Waals surface area contributed by atoms with Crippen molar-refractivity contribution in [2.75, 3.05) is 19.7 Å². The molecule has 0 bridgehead atoms. The van der Waals surface area contributed by atoms with Gasteiger partial charge in [0.25, 0.3) is 5.91 Å². The largest absolute Gasteiger partial charge is 0.483 e. The Balaban J connectivity index is 2.60. The maximum Gasteiger partial charge on any atom is 0.323 e. The average Bonchev–Trinajstić information content (AvgIpc) is 2.34. The standard InChI is InChI=1S/C12H13Br2NO4/c1-2-15(6-12(17)18)11(16)7-19-10-4-3-8(13)5-9(10)14/h3-5H,2,6-7H2,1H3,(H,17,18). The van der Waals surface area contributed by atoms with E-state index in [0.29, 0.717) is 12.3 Å².